The second kappa shape index (κ2) is 7.09. The number of ether oxygens (including phenoxy) is 1. The smallest absolute Gasteiger partial charge is 0.260 e. The molecule has 0 spiro atoms. The zero-order chi connectivity index (χ0) is 17.1. The van der Waals surface area contributed by atoms with Crippen molar-refractivity contribution in [2.45, 2.75) is 19.3 Å². The van der Waals surface area contributed by atoms with Gasteiger partial charge in [-0.3, -0.25) is 4.79 Å². The molecule has 25 heavy (non-hydrogen) atoms. The molecule has 4 rings (SSSR count). The van der Waals surface area contributed by atoms with Gasteiger partial charge >= 0.3 is 0 Å². The second-order valence-corrected chi connectivity index (χ2v) is 6.49. The molecule has 1 aromatic heterocycles. The topological polar surface area (TPSA) is 58.6 Å². The average Bonchev–Trinajstić information content (AvgIpc) is 3.15. The number of hydrogen-bond donors (Lipinski definition) is 0. The van der Waals surface area contributed by atoms with E-state index in [4.69, 9.17) is 4.74 Å². The molecule has 0 N–H and O–H groups in total. The highest BCUT2D eigenvalue weighted by molar-refractivity contribution is 5.78. The molecule has 1 aliphatic carbocycles. The van der Waals surface area contributed by atoms with E-state index in [1.165, 1.54) is 17.5 Å². The lowest BCUT2D eigenvalue weighted by Crippen LogP contribution is -2.50. The number of anilines is 1. The van der Waals surface area contributed by atoms with Crippen molar-refractivity contribution in [3.63, 3.8) is 0 Å². The Balaban J connectivity index is 1.28. The van der Waals surface area contributed by atoms with E-state index >= 15 is 0 Å². The number of aromatic nitrogens is 2. The summed E-state index contributed by atoms with van der Waals surface area (Å²) in [6, 6.07) is 7.99. The van der Waals surface area contributed by atoms with Gasteiger partial charge in [0.15, 0.2) is 6.61 Å². The van der Waals surface area contributed by atoms with Gasteiger partial charge in [0.2, 0.25) is 5.95 Å². The van der Waals surface area contributed by atoms with Gasteiger partial charge in [0, 0.05) is 38.6 Å². The van der Waals surface area contributed by atoms with Crippen molar-refractivity contribution in [2.75, 3.05) is 37.7 Å². The normalized spacial score (nSPS) is 16.6. The molecule has 0 radical (unpaired) electrons. The molecule has 6 nitrogen and oxygen atoms in total. The number of rotatable bonds is 4. The van der Waals surface area contributed by atoms with Crippen molar-refractivity contribution in [3.8, 4) is 5.75 Å². The Hall–Kier alpha value is -2.63. The number of aryl methyl sites for hydroxylation is 2. The minimum absolute atomic E-state index is 0.0362. The highest BCUT2D eigenvalue weighted by atomic mass is 16.5. The number of piperazine rings is 1. The molecule has 2 aromatic rings. The molecule has 0 bridgehead atoms. The van der Waals surface area contributed by atoms with Crippen LogP contribution in [0.4, 0.5) is 5.95 Å². The van der Waals surface area contributed by atoms with Gasteiger partial charge in [0.25, 0.3) is 5.91 Å². The lowest BCUT2D eigenvalue weighted by atomic mass is 10.1. The van der Waals surface area contributed by atoms with Crippen molar-refractivity contribution < 1.29 is 9.53 Å². The van der Waals surface area contributed by atoms with E-state index in [0.29, 0.717) is 13.1 Å². The van der Waals surface area contributed by atoms with Crippen LogP contribution in [0.5, 0.6) is 5.75 Å². The minimum Gasteiger partial charge on any atom is -0.484 e. The molecule has 1 saturated heterocycles. The van der Waals surface area contributed by atoms with Crippen molar-refractivity contribution in [2.24, 2.45) is 0 Å². The fourth-order valence-electron chi connectivity index (χ4n) is 3.48. The molecule has 0 unspecified atom stereocenters. The minimum atomic E-state index is 0.0362. The third kappa shape index (κ3) is 3.57. The van der Waals surface area contributed by atoms with E-state index in [1.807, 2.05) is 11.0 Å². The van der Waals surface area contributed by atoms with Gasteiger partial charge < -0.3 is 14.5 Å². The number of carbonyl (C=O) groups is 1. The van der Waals surface area contributed by atoms with Crippen LogP contribution in [0.1, 0.15) is 17.5 Å². The molecule has 1 amide bonds. The van der Waals surface area contributed by atoms with E-state index in [2.05, 4.69) is 27.0 Å². The van der Waals surface area contributed by atoms with Crippen LogP contribution in [0.15, 0.2) is 36.7 Å². The summed E-state index contributed by atoms with van der Waals surface area (Å²) in [5.74, 6) is 1.56. The van der Waals surface area contributed by atoms with Crippen LogP contribution in [-0.2, 0) is 17.6 Å². The van der Waals surface area contributed by atoms with E-state index in [-0.39, 0.29) is 12.5 Å². The Morgan fingerprint density at radius 2 is 1.80 bits per heavy atom. The van der Waals surface area contributed by atoms with E-state index in [0.717, 1.165) is 37.6 Å². The lowest BCUT2D eigenvalue weighted by Gasteiger charge is -2.34. The molecule has 1 aromatic carbocycles. The standard InChI is InChI=1S/C19H22N4O2/c24-18(14-25-17-6-5-15-3-1-4-16(15)13-17)22-9-11-23(12-10-22)19-20-7-2-8-21-19/h2,5-8,13H,1,3-4,9-12,14H2. The van der Waals surface area contributed by atoms with Crippen LogP contribution in [0.3, 0.4) is 0 Å². The van der Waals surface area contributed by atoms with E-state index < -0.39 is 0 Å². The molecule has 6 heteroatoms. The third-order valence-electron chi connectivity index (χ3n) is 4.90. The molecule has 1 fully saturated rings. The van der Waals surface area contributed by atoms with Gasteiger partial charge in [0.1, 0.15) is 5.75 Å². The summed E-state index contributed by atoms with van der Waals surface area (Å²) in [5.41, 5.74) is 2.78. The number of amides is 1. The summed E-state index contributed by atoms with van der Waals surface area (Å²) in [4.78, 5) is 24.9. The Morgan fingerprint density at radius 1 is 1.04 bits per heavy atom. The Labute approximate surface area is 147 Å². The molecular formula is C19H22N4O2. The third-order valence-corrected chi connectivity index (χ3v) is 4.90. The number of carbonyl (C=O) groups excluding carboxylic acids is 1. The van der Waals surface area contributed by atoms with Crippen LogP contribution in [0, 0.1) is 0 Å². The number of hydrogen-bond acceptors (Lipinski definition) is 5. The van der Waals surface area contributed by atoms with Crippen molar-refractivity contribution in [1.29, 1.82) is 0 Å². The van der Waals surface area contributed by atoms with Crippen LogP contribution >= 0.6 is 0 Å². The first-order valence-electron chi connectivity index (χ1n) is 8.84. The number of nitrogens with zero attached hydrogens (tertiary/aromatic N) is 4. The fraction of sp³-hybridized carbons (Fsp3) is 0.421. The van der Waals surface area contributed by atoms with Crippen molar-refractivity contribution in [1.82, 2.24) is 14.9 Å². The van der Waals surface area contributed by atoms with Crippen LogP contribution in [0.2, 0.25) is 0 Å². The Kier molecular flexibility index (Phi) is 4.50. The van der Waals surface area contributed by atoms with Gasteiger partial charge in [-0.1, -0.05) is 6.07 Å². The highest BCUT2D eigenvalue weighted by Crippen LogP contribution is 2.26. The molecule has 2 heterocycles. The maximum atomic E-state index is 12.4. The lowest BCUT2D eigenvalue weighted by molar-refractivity contribution is -0.133. The molecule has 2 aliphatic rings. The SMILES string of the molecule is O=C(COc1ccc2c(c1)CCC2)N1CCN(c2ncccn2)CC1. The number of fused-ring (bicyclic) bond motifs is 1. The summed E-state index contributed by atoms with van der Waals surface area (Å²) >= 11 is 0. The summed E-state index contributed by atoms with van der Waals surface area (Å²) < 4.78 is 5.73. The predicted molar refractivity (Wildman–Crippen MR) is 94.8 cm³/mol. The first-order valence-corrected chi connectivity index (χ1v) is 8.84. The van der Waals surface area contributed by atoms with Gasteiger partial charge in [-0.05, 0) is 48.6 Å². The monoisotopic (exact) mass is 338 g/mol. The predicted octanol–water partition coefficient (Wildman–Crippen LogP) is 1.69. The molecular weight excluding hydrogens is 316 g/mol. The van der Waals surface area contributed by atoms with Crippen molar-refractivity contribution in [3.05, 3.63) is 47.8 Å². The van der Waals surface area contributed by atoms with Gasteiger partial charge in [-0.25, -0.2) is 9.97 Å². The quantitative estimate of drug-likeness (QED) is 0.849. The largest absolute Gasteiger partial charge is 0.484 e. The maximum Gasteiger partial charge on any atom is 0.260 e. The second-order valence-electron chi connectivity index (χ2n) is 6.49. The van der Waals surface area contributed by atoms with Crippen LogP contribution in [0.25, 0.3) is 0 Å². The first-order chi connectivity index (χ1) is 12.3. The molecule has 130 valence electrons. The molecule has 0 atom stereocenters. The summed E-state index contributed by atoms with van der Waals surface area (Å²) in [6.07, 6.45) is 6.97. The first kappa shape index (κ1) is 15.9. The average molecular weight is 338 g/mol. The van der Waals surface area contributed by atoms with Crippen molar-refractivity contribution >= 4 is 11.9 Å². The van der Waals surface area contributed by atoms with Crippen LogP contribution in [-0.4, -0.2) is 53.6 Å². The summed E-state index contributed by atoms with van der Waals surface area (Å²) in [6.45, 7) is 2.93. The Morgan fingerprint density at radius 3 is 2.60 bits per heavy atom. The van der Waals surface area contributed by atoms with E-state index in [9.17, 15) is 4.79 Å². The van der Waals surface area contributed by atoms with Gasteiger partial charge in [0.05, 0.1) is 0 Å². The van der Waals surface area contributed by atoms with E-state index in [1.54, 1.807) is 18.5 Å². The highest BCUT2D eigenvalue weighted by Gasteiger charge is 2.22. The van der Waals surface area contributed by atoms with Gasteiger partial charge in [-0.15, -0.1) is 0 Å². The summed E-state index contributed by atoms with van der Waals surface area (Å²) in [5, 5.41) is 0. The van der Waals surface area contributed by atoms with Gasteiger partial charge in [-0.2, -0.15) is 0 Å². The molecule has 0 saturated carbocycles. The zero-order valence-corrected chi connectivity index (χ0v) is 14.2. The zero-order valence-electron chi connectivity index (χ0n) is 14.2. The number of benzene rings is 1. The summed E-state index contributed by atoms with van der Waals surface area (Å²) in [7, 11) is 0. The molecule has 1 aliphatic heterocycles. The van der Waals surface area contributed by atoms with Crippen LogP contribution < -0.4 is 9.64 Å². The Bertz CT molecular complexity index is 742. The maximum absolute atomic E-state index is 12.4. The fourth-order valence-corrected chi connectivity index (χ4v) is 3.48.